The van der Waals surface area contributed by atoms with Gasteiger partial charge in [-0.15, -0.1) is 0 Å². The molecule has 1 aromatic rings. The van der Waals surface area contributed by atoms with Gasteiger partial charge in [0.2, 0.25) is 0 Å². The minimum atomic E-state index is -0.914. The fourth-order valence-electron chi connectivity index (χ4n) is 4.24. The third-order valence-electron chi connectivity index (χ3n) is 6.13. The molecule has 0 radical (unpaired) electrons. The Morgan fingerprint density at radius 1 is 1.27 bits per heavy atom. The quantitative estimate of drug-likeness (QED) is 0.521. The standard InChI is InChI=1S/C22H29N3O5/c1-15-7-3-4-9-17(15)10-12-23-18(26)14-30-19(27)13-25-20(28)22(24-21(25)29)11-6-5-8-16(22)2/h3-4,7,9,16H,5-6,8,10-14H2,1-2H3,(H,23,26)(H,24,29)/t16-,22+/m0/s1. The predicted octanol–water partition coefficient (Wildman–Crippen LogP) is 1.70. The van der Waals surface area contributed by atoms with Crippen molar-refractivity contribution in [2.45, 2.75) is 51.5 Å². The van der Waals surface area contributed by atoms with Crippen LogP contribution in [0.5, 0.6) is 0 Å². The lowest BCUT2D eigenvalue weighted by Gasteiger charge is -2.36. The number of urea groups is 1. The summed E-state index contributed by atoms with van der Waals surface area (Å²) in [6, 6.07) is 7.33. The molecule has 1 spiro atoms. The zero-order valence-corrected chi connectivity index (χ0v) is 17.5. The Balaban J connectivity index is 1.43. The van der Waals surface area contributed by atoms with E-state index in [9.17, 15) is 19.2 Å². The maximum Gasteiger partial charge on any atom is 0.326 e. The van der Waals surface area contributed by atoms with E-state index in [1.807, 2.05) is 38.1 Å². The number of carbonyl (C=O) groups is 4. The summed E-state index contributed by atoms with van der Waals surface area (Å²) in [6.07, 6.45) is 3.99. The highest BCUT2D eigenvalue weighted by molar-refractivity contribution is 6.09. The lowest BCUT2D eigenvalue weighted by atomic mass is 9.73. The van der Waals surface area contributed by atoms with E-state index >= 15 is 0 Å². The molecule has 1 aromatic carbocycles. The van der Waals surface area contributed by atoms with Crippen LogP contribution in [0.25, 0.3) is 0 Å². The monoisotopic (exact) mass is 415 g/mol. The maximum atomic E-state index is 12.8. The topological polar surface area (TPSA) is 105 Å². The van der Waals surface area contributed by atoms with E-state index < -0.39 is 36.6 Å². The highest BCUT2D eigenvalue weighted by Gasteiger charge is 2.55. The fourth-order valence-corrected chi connectivity index (χ4v) is 4.24. The number of carbonyl (C=O) groups excluding carboxylic acids is 4. The largest absolute Gasteiger partial charge is 0.454 e. The minimum Gasteiger partial charge on any atom is -0.454 e. The number of amides is 4. The van der Waals surface area contributed by atoms with Crippen LogP contribution in [0, 0.1) is 12.8 Å². The summed E-state index contributed by atoms with van der Waals surface area (Å²) in [7, 11) is 0. The molecule has 1 aliphatic heterocycles. The van der Waals surface area contributed by atoms with Crippen molar-refractivity contribution in [2.75, 3.05) is 19.7 Å². The van der Waals surface area contributed by atoms with Gasteiger partial charge >= 0.3 is 12.0 Å². The normalized spacial score (nSPS) is 23.4. The molecule has 1 aliphatic carbocycles. The summed E-state index contributed by atoms with van der Waals surface area (Å²) in [5.41, 5.74) is 1.37. The number of hydrogen-bond donors (Lipinski definition) is 2. The van der Waals surface area contributed by atoms with E-state index in [-0.39, 0.29) is 11.8 Å². The first-order chi connectivity index (χ1) is 14.3. The third kappa shape index (κ3) is 4.63. The van der Waals surface area contributed by atoms with Crippen molar-refractivity contribution in [3.05, 3.63) is 35.4 Å². The summed E-state index contributed by atoms with van der Waals surface area (Å²) >= 11 is 0. The molecule has 4 amide bonds. The van der Waals surface area contributed by atoms with Crippen molar-refractivity contribution < 1.29 is 23.9 Å². The van der Waals surface area contributed by atoms with E-state index in [1.165, 1.54) is 0 Å². The first-order valence-corrected chi connectivity index (χ1v) is 10.4. The van der Waals surface area contributed by atoms with Gasteiger partial charge in [0.05, 0.1) is 0 Å². The van der Waals surface area contributed by atoms with E-state index in [0.29, 0.717) is 19.4 Å². The van der Waals surface area contributed by atoms with Crippen molar-refractivity contribution >= 4 is 23.8 Å². The summed E-state index contributed by atoms with van der Waals surface area (Å²) < 4.78 is 4.97. The van der Waals surface area contributed by atoms with Gasteiger partial charge in [-0.25, -0.2) is 4.79 Å². The van der Waals surface area contributed by atoms with Gasteiger partial charge in [-0.2, -0.15) is 0 Å². The number of aryl methyl sites for hydroxylation is 1. The summed E-state index contributed by atoms with van der Waals surface area (Å²) in [5.74, 6) is -1.57. The maximum absolute atomic E-state index is 12.8. The van der Waals surface area contributed by atoms with Crippen molar-refractivity contribution in [3.63, 3.8) is 0 Å². The van der Waals surface area contributed by atoms with Gasteiger partial charge in [0.25, 0.3) is 11.8 Å². The van der Waals surface area contributed by atoms with Crippen LogP contribution >= 0.6 is 0 Å². The highest BCUT2D eigenvalue weighted by Crippen LogP contribution is 2.38. The minimum absolute atomic E-state index is 0.0164. The molecule has 8 nitrogen and oxygen atoms in total. The van der Waals surface area contributed by atoms with Crippen LogP contribution in [0.2, 0.25) is 0 Å². The summed E-state index contributed by atoms with van der Waals surface area (Å²) in [4.78, 5) is 50.1. The molecule has 2 N–H and O–H groups in total. The molecule has 1 saturated carbocycles. The average Bonchev–Trinajstić information content (AvgIpc) is 2.95. The molecule has 0 unspecified atom stereocenters. The van der Waals surface area contributed by atoms with Crippen LogP contribution in [0.1, 0.15) is 43.7 Å². The van der Waals surface area contributed by atoms with E-state index in [0.717, 1.165) is 35.3 Å². The molecule has 0 bridgehead atoms. The SMILES string of the molecule is Cc1ccccc1CCNC(=O)COC(=O)CN1C(=O)N[C@@]2(CCCC[C@@H]2C)C1=O. The van der Waals surface area contributed by atoms with Gasteiger partial charge in [-0.05, 0) is 43.2 Å². The number of hydrogen-bond acceptors (Lipinski definition) is 5. The Labute approximate surface area is 176 Å². The van der Waals surface area contributed by atoms with E-state index in [1.54, 1.807) is 0 Å². The lowest BCUT2D eigenvalue weighted by molar-refractivity contribution is -0.151. The van der Waals surface area contributed by atoms with Crippen LogP contribution in [0.4, 0.5) is 4.79 Å². The van der Waals surface area contributed by atoms with Crippen molar-refractivity contribution in [1.82, 2.24) is 15.5 Å². The van der Waals surface area contributed by atoms with Gasteiger partial charge in [-0.3, -0.25) is 19.3 Å². The molecule has 0 aromatic heterocycles. The predicted molar refractivity (Wildman–Crippen MR) is 109 cm³/mol. The molecule has 2 fully saturated rings. The molecule has 30 heavy (non-hydrogen) atoms. The first kappa shape index (κ1) is 21.8. The Hall–Kier alpha value is -2.90. The molecule has 3 rings (SSSR count). The van der Waals surface area contributed by atoms with Gasteiger partial charge in [-0.1, -0.05) is 44.0 Å². The van der Waals surface area contributed by atoms with E-state index in [4.69, 9.17) is 4.74 Å². The molecular weight excluding hydrogens is 386 g/mol. The second-order valence-electron chi connectivity index (χ2n) is 8.13. The molecule has 1 heterocycles. The number of nitrogens with one attached hydrogen (secondary N) is 2. The van der Waals surface area contributed by atoms with Gasteiger partial charge in [0.15, 0.2) is 6.61 Å². The van der Waals surface area contributed by atoms with Crippen LogP contribution in [-0.2, 0) is 25.5 Å². The van der Waals surface area contributed by atoms with Crippen molar-refractivity contribution in [2.24, 2.45) is 5.92 Å². The Morgan fingerprint density at radius 2 is 2.03 bits per heavy atom. The van der Waals surface area contributed by atoms with Crippen LogP contribution < -0.4 is 10.6 Å². The average molecular weight is 415 g/mol. The number of rotatable bonds is 7. The Morgan fingerprint density at radius 3 is 2.77 bits per heavy atom. The second kappa shape index (κ2) is 9.28. The highest BCUT2D eigenvalue weighted by atomic mass is 16.5. The van der Waals surface area contributed by atoms with Crippen molar-refractivity contribution in [1.29, 1.82) is 0 Å². The number of imide groups is 1. The summed E-state index contributed by atoms with van der Waals surface area (Å²) in [6.45, 7) is 3.44. The molecule has 2 atom stereocenters. The zero-order chi connectivity index (χ0) is 21.7. The molecule has 1 saturated heterocycles. The van der Waals surface area contributed by atoms with Gasteiger partial charge in [0.1, 0.15) is 12.1 Å². The first-order valence-electron chi connectivity index (χ1n) is 10.4. The van der Waals surface area contributed by atoms with Crippen LogP contribution in [0.15, 0.2) is 24.3 Å². The fraction of sp³-hybridized carbons (Fsp3) is 0.545. The number of esters is 1. The van der Waals surface area contributed by atoms with Crippen molar-refractivity contribution in [3.8, 4) is 0 Å². The molecule has 2 aliphatic rings. The van der Waals surface area contributed by atoms with Gasteiger partial charge in [0, 0.05) is 6.54 Å². The number of ether oxygens (including phenoxy) is 1. The van der Waals surface area contributed by atoms with Crippen LogP contribution in [0.3, 0.4) is 0 Å². The van der Waals surface area contributed by atoms with Crippen LogP contribution in [-0.4, -0.2) is 54.0 Å². The summed E-state index contributed by atoms with van der Waals surface area (Å²) in [5, 5.41) is 5.49. The lowest BCUT2D eigenvalue weighted by Crippen LogP contribution is -2.54. The second-order valence-corrected chi connectivity index (χ2v) is 8.13. The smallest absolute Gasteiger partial charge is 0.326 e. The van der Waals surface area contributed by atoms with E-state index in [2.05, 4.69) is 10.6 Å². The number of nitrogens with zero attached hydrogens (tertiary/aromatic N) is 1. The molecule has 162 valence electrons. The number of benzene rings is 1. The zero-order valence-electron chi connectivity index (χ0n) is 17.5. The Kier molecular flexibility index (Phi) is 6.74. The molecular formula is C22H29N3O5. The van der Waals surface area contributed by atoms with Gasteiger partial charge < -0.3 is 15.4 Å². The molecule has 8 heteroatoms. The third-order valence-corrected chi connectivity index (χ3v) is 6.13. The Bertz CT molecular complexity index is 840.